The fourth-order valence-electron chi connectivity index (χ4n) is 2.28. The Morgan fingerprint density at radius 2 is 1.37 bits per heavy atom. The van der Waals surface area contributed by atoms with Crippen LogP contribution in [0, 0.1) is 6.92 Å². The van der Waals surface area contributed by atoms with Gasteiger partial charge < -0.3 is 4.74 Å². The first-order valence-corrected chi connectivity index (χ1v) is 8.21. The number of halogens is 3. The Kier molecular flexibility index (Phi) is 5.45. The number of ether oxygens (including phenoxy) is 1. The minimum absolute atomic E-state index is 0.471. The van der Waals surface area contributed by atoms with Gasteiger partial charge in [0.25, 0.3) is 0 Å². The second-order valence-electron chi connectivity index (χ2n) is 5.93. The highest BCUT2D eigenvalue weighted by Crippen LogP contribution is 2.29. The van der Waals surface area contributed by atoms with Crippen LogP contribution in [0.15, 0.2) is 77.9 Å². The van der Waals surface area contributed by atoms with E-state index in [2.05, 4.69) is 10.5 Å². The smallest absolute Gasteiger partial charge is 0.416 e. The van der Waals surface area contributed by atoms with Crippen LogP contribution in [-0.4, -0.2) is 6.21 Å². The molecule has 0 atom stereocenters. The second-order valence-corrected chi connectivity index (χ2v) is 5.93. The first-order chi connectivity index (χ1) is 12.9. The van der Waals surface area contributed by atoms with Gasteiger partial charge in [-0.1, -0.05) is 17.7 Å². The van der Waals surface area contributed by atoms with Crippen LogP contribution in [0.5, 0.6) is 11.5 Å². The van der Waals surface area contributed by atoms with Crippen molar-refractivity contribution >= 4 is 11.9 Å². The number of rotatable bonds is 5. The molecule has 0 amide bonds. The number of hydrogen-bond acceptors (Lipinski definition) is 3. The third-order valence-electron chi connectivity index (χ3n) is 3.76. The van der Waals surface area contributed by atoms with Crippen molar-refractivity contribution in [3.63, 3.8) is 0 Å². The van der Waals surface area contributed by atoms with E-state index in [-0.39, 0.29) is 0 Å². The lowest BCUT2D eigenvalue weighted by molar-refractivity contribution is -0.137. The lowest BCUT2D eigenvalue weighted by Gasteiger charge is -2.07. The molecule has 0 saturated carbocycles. The average molecular weight is 370 g/mol. The second kappa shape index (κ2) is 7.95. The predicted octanol–water partition coefficient (Wildman–Crippen LogP) is 6.25. The van der Waals surface area contributed by atoms with Crippen molar-refractivity contribution < 1.29 is 17.9 Å². The molecule has 0 aliphatic rings. The Labute approximate surface area is 155 Å². The van der Waals surface area contributed by atoms with Crippen molar-refractivity contribution in [3.05, 3.63) is 89.5 Å². The number of nitrogens with zero attached hydrogens (tertiary/aromatic N) is 1. The van der Waals surface area contributed by atoms with E-state index >= 15 is 0 Å². The van der Waals surface area contributed by atoms with Gasteiger partial charge >= 0.3 is 6.18 Å². The number of aryl methyl sites for hydroxylation is 1. The van der Waals surface area contributed by atoms with E-state index in [9.17, 15) is 13.2 Å². The number of hydrogen-bond donors (Lipinski definition) is 1. The minimum Gasteiger partial charge on any atom is -0.457 e. The van der Waals surface area contributed by atoms with E-state index in [0.717, 1.165) is 29.0 Å². The van der Waals surface area contributed by atoms with E-state index in [0.29, 0.717) is 11.4 Å². The summed E-state index contributed by atoms with van der Waals surface area (Å²) in [5.74, 6) is 1.46. The van der Waals surface area contributed by atoms with E-state index in [1.165, 1.54) is 12.1 Å². The molecule has 0 saturated heterocycles. The van der Waals surface area contributed by atoms with Crippen molar-refractivity contribution in [3.8, 4) is 11.5 Å². The highest BCUT2D eigenvalue weighted by Gasteiger charge is 2.29. The molecule has 0 fully saturated rings. The largest absolute Gasteiger partial charge is 0.457 e. The van der Waals surface area contributed by atoms with Crippen LogP contribution in [0.3, 0.4) is 0 Å². The summed E-state index contributed by atoms with van der Waals surface area (Å²) < 4.78 is 43.3. The van der Waals surface area contributed by atoms with Crippen LogP contribution in [0.4, 0.5) is 18.9 Å². The van der Waals surface area contributed by atoms with Crippen LogP contribution < -0.4 is 10.2 Å². The fourth-order valence-corrected chi connectivity index (χ4v) is 2.28. The first kappa shape index (κ1) is 18.5. The molecule has 27 heavy (non-hydrogen) atoms. The average Bonchev–Trinajstić information content (AvgIpc) is 2.65. The fraction of sp³-hybridized carbons (Fsp3) is 0.0952. The molecule has 0 heterocycles. The molecule has 0 radical (unpaired) electrons. The van der Waals surface area contributed by atoms with Crippen molar-refractivity contribution in [1.82, 2.24) is 0 Å². The molecular weight excluding hydrogens is 353 g/mol. The molecule has 6 heteroatoms. The zero-order valence-electron chi connectivity index (χ0n) is 14.5. The maximum absolute atomic E-state index is 12.5. The Balaban J connectivity index is 1.57. The minimum atomic E-state index is -4.34. The molecule has 1 N–H and O–H groups in total. The molecule has 3 aromatic rings. The third-order valence-corrected chi connectivity index (χ3v) is 3.76. The molecule has 3 aromatic carbocycles. The predicted molar refractivity (Wildman–Crippen MR) is 100 cm³/mol. The van der Waals surface area contributed by atoms with Crippen molar-refractivity contribution in [2.24, 2.45) is 5.10 Å². The molecule has 138 valence electrons. The summed E-state index contributed by atoms with van der Waals surface area (Å²) in [7, 11) is 0. The lowest BCUT2D eigenvalue weighted by Crippen LogP contribution is -2.04. The van der Waals surface area contributed by atoms with Crippen LogP contribution >= 0.6 is 0 Å². The highest BCUT2D eigenvalue weighted by molar-refractivity contribution is 5.80. The topological polar surface area (TPSA) is 33.6 Å². The standard InChI is InChI=1S/C21H17F3N2O/c1-15-2-10-19(11-3-15)27-20-12-4-16(5-13-20)14-25-26-18-8-6-17(7-9-18)21(22,23)24/h2-14,26H,1H3. The van der Waals surface area contributed by atoms with E-state index < -0.39 is 11.7 Å². The number of anilines is 1. The summed E-state index contributed by atoms with van der Waals surface area (Å²) in [6.07, 6.45) is -2.77. The summed E-state index contributed by atoms with van der Waals surface area (Å²) in [4.78, 5) is 0. The summed E-state index contributed by atoms with van der Waals surface area (Å²) in [6, 6.07) is 19.7. The van der Waals surface area contributed by atoms with Gasteiger partial charge in [0.1, 0.15) is 11.5 Å². The van der Waals surface area contributed by atoms with Gasteiger partial charge in [0, 0.05) is 0 Å². The molecule has 0 aliphatic heterocycles. The van der Waals surface area contributed by atoms with Crippen molar-refractivity contribution in [2.75, 3.05) is 5.43 Å². The van der Waals surface area contributed by atoms with Crippen molar-refractivity contribution in [2.45, 2.75) is 13.1 Å². The third kappa shape index (κ3) is 5.34. The Morgan fingerprint density at radius 1 is 0.815 bits per heavy atom. The highest BCUT2D eigenvalue weighted by atomic mass is 19.4. The molecule has 0 spiro atoms. The number of benzene rings is 3. The molecule has 0 bridgehead atoms. The number of alkyl halides is 3. The van der Waals surface area contributed by atoms with Crippen LogP contribution in [0.2, 0.25) is 0 Å². The number of hydrazone groups is 1. The maximum atomic E-state index is 12.5. The molecule has 3 rings (SSSR count). The lowest BCUT2D eigenvalue weighted by atomic mass is 10.2. The van der Waals surface area contributed by atoms with Gasteiger partial charge in [0.2, 0.25) is 0 Å². The molecule has 0 unspecified atom stereocenters. The van der Waals surface area contributed by atoms with Gasteiger partial charge in [-0.3, -0.25) is 5.43 Å². The summed E-state index contributed by atoms with van der Waals surface area (Å²) in [5, 5.41) is 4.03. The molecule has 0 aromatic heterocycles. The normalized spacial score (nSPS) is 11.6. The monoisotopic (exact) mass is 370 g/mol. The summed E-state index contributed by atoms with van der Waals surface area (Å²) in [6.45, 7) is 2.01. The van der Waals surface area contributed by atoms with Gasteiger partial charge in [0.15, 0.2) is 0 Å². The van der Waals surface area contributed by atoms with Gasteiger partial charge in [-0.05, 0) is 73.2 Å². The van der Waals surface area contributed by atoms with Crippen LogP contribution in [0.25, 0.3) is 0 Å². The van der Waals surface area contributed by atoms with E-state index in [1.807, 2.05) is 55.5 Å². The Morgan fingerprint density at radius 3 is 1.93 bits per heavy atom. The van der Waals surface area contributed by atoms with Gasteiger partial charge in [-0.2, -0.15) is 18.3 Å². The zero-order chi connectivity index (χ0) is 19.3. The maximum Gasteiger partial charge on any atom is 0.416 e. The molecule has 0 aliphatic carbocycles. The van der Waals surface area contributed by atoms with Crippen molar-refractivity contribution in [1.29, 1.82) is 0 Å². The van der Waals surface area contributed by atoms with E-state index in [1.54, 1.807) is 6.21 Å². The Hall–Kier alpha value is -3.28. The van der Waals surface area contributed by atoms with E-state index in [4.69, 9.17) is 4.74 Å². The quantitative estimate of drug-likeness (QED) is 0.425. The van der Waals surface area contributed by atoms with Gasteiger partial charge in [-0.15, -0.1) is 0 Å². The van der Waals surface area contributed by atoms with Gasteiger partial charge in [-0.25, -0.2) is 0 Å². The van der Waals surface area contributed by atoms with Crippen LogP contribution in [-0.2, 0) is 6.18 Å². The van der Waals surface area contributed by atoms with Crippen LogP contribution in [0.1, 0.15) is 16.7 Å². The zero-order valence-corrected chi connectivity index (χ0v) is 14.5. The summed E-state index contributed by atoms with van der Waals surface area (Å²) >= 11 is 0. The van der Waals surface area contributed by atoms with Gasteiger partial charge in [0.05, 0.1) is 17.5 Å². The summed E-state index contributed by atoms with van der Waals surface area (Å²) in [5.41, 5.74) is 4.47. The Bertz CT molecular complexity index is 900. The molecule has 3 nitrogen and oxygen atoms in total. The molecular formula is C21H17F3N2O. The number of nitrogens with one attached hydrogen (secondary N) is 1. The SMILES string of the molecule is Cc1ccc(Oc2ccc(C=NNc3ccc(C(F)(F)F)cc3)cc2)cc1. The first-order valence-electron chi connectivity index (χ1n) is 8.21.